The molecule has 6 N–H and O–H groups in total. The van der Waals surface area contributed by atoms with Crippen LogP contribution in [0.1, 0.15) is 51.5 Å². The van der Waals surface area contributed by atoms with Gasteiger partial charge in [0.15, 0.2) is 0 Å². The highest BCUT2D eigenvalue weighted by Gasteiger charge is 2.38. The van der Waals surface area contributed by atoms with Gasteiger partial charge in [0.2, 0.25) is 35.4 Å². The average molecular weight is 802 g/mol. The number of nitrogens with one attached hydrogen (secondary N) is 4. The molecule has 0 aliphatic carbocycles. The molecule has 6 amide bonds. The van der Waals surface area contributed by atoms with Crippen LogP contribution in [0.4, 0.5) is 11.4 Å². The van der Waals surface area contributed by atoms with Gasteiger partial charge >= 0.3 is 0 Å². The van der Waals surface area contributed by atoms with E-state index in [9.17, 15) is 28.8 Å². The first-order valence-electron chi connectivity index (χ1n) is 18.9. The lowest BCUT2D eigenvalue weighted by Gasteiger charge is -2.29. The second-order valence-electron chi connectivity index (χ2n) is 14.3. The van der Waals surface area contributed by atoms with Gasteiger partial charge in [0.25, 0.3) is 0 Å². The number of carbonyl (C=O) groups is 6. The number of anilines is 2. The van der Waals surface area contributed by atoms with Gasteiger partial charge in [0, 0.05) is 49.3 Å². The van der Waals surface area contributed by atoms with Crippen LogP contribution in [0, 0.1) is 5.92 Å². The quantitative estimate of drug-likeness (QED) is 0.134. The van der Waals surface area contributed by atoms with E-state index in [1.165, 1.54) is 9.80 Å². The van der Waals surface area contributed by atoms with E-state index in [0.29, 0.717) is 82.2 Å². The Labute approximate surface area is 333 Å². The Hall–Kier alpha value is -4.40. The molecule has 4 rings (SSSR count). The molecule has 0 spiro atoms. The van der Waals surface area contributed by atoms with Crippen molar-refractivity contribution >= 4 is 70.0 Å². The number of nitrogens with two attached hydrogens (primary N) is 1. The first-order valence-corrected chi connectivity index (χ1v) is 20.0. The van der Waals surface area contributed by atoms with Gasteiger partial charge in [-0.2, -0.15) is 0 Å². The van der Waals surface area contributed by atoms with Crippen molar-refractivity contribution in [2.75, 3.05) is 61.2 Å². The van der Waals surface area contributed by atoms with E-state index in [1.807, 2.05) is 61.2 Å². The second kappa shape index (κ2) is 21.6. The van der Waals surface area contributed by atoms with Gasteiger partial charge in [0.05, 0.1) is 19.1 Å². The third kappa shape index (κ3) is 12.8. The molecule has 300 valence electrons. The van der Waals surface area contributed by atoms with Gasteiger partial charge < -0.3 is 41.7 Å². The van der Waals surface area contributed by atoms with Gasteiger partial charge in [0.1, 0.15) is 18.1 Å². The first-order chi connectivity index (χ1) is 26.4. The summed E-state index contributed by atoms with van der Waals surface area (Å²) in [6.45, 7) is 5.13. The first kappa shape index (κ1) is 43.3. The van der Waals surface area contributed by atoms with Crippen LogP contribution in [-0.4, -0.2) is 120 Å². The lowest BCUT2D eigenvalue weighted by Crippen LogP contribution is -2.56. The maximum absolute atomic E-state index is 13.5. The van der Waals surface area contributed by atoms with Crippen LogP contribution in [0.2, 0.25) is 0 Å². The summed E-state index contributed by atoms with van der Waals surface area (Å²) in [5.74, 6) is -1.73. The molecule has 2 aliphatic rings. The summed E-state index contributed by atoms with van der Waals surface area (Å²) in [6, 6.07) is 13.3. The SMILES string of the molecule is CC(C)C[C@H](NC(=O)[C@@H]1CCCN1C(=O)[C@H](N)Cc1ccccc1)C(=O)NCC(=O)N1CCC[C@H]1C(=O)NCC(=O)Nc1ccc(N(CCCl)CCCl)cc1. The summed E-state index contributed by atoms with van der Waals surface area (Å²) >= 11 is 11.8. The van der Waals surface area contributed by atoms with Gasteiger partial charge in [-0.3, -0.25) is 28.8 Å². The molecule has 55 heavy (non-hydrogen) atoms. The Balaban J connectivity index is 1.26. The summed E-state index contributed by atoms with van der Waals surface area (Å²) in [5.41, 5.74) is 8.66. The lowest BCUT2D eigenvalue weighted by atomic mass is 10.0. The van der Waals surface area contributed by atoms with Crippen LogP contribution in [0.15, 0.2) is 54.6 Å². The number of carbonyl (C=O) groups excluding carboxylic acids is 6. The third-order valence-corrected chi connectivity index (χ3v) is 10.1. The highest BCUT2D eigenvalue weighted by atomic mass is 35.5. The Morgan fingerprint density at radius 1 is 0.818 bits per heavy atom. The van der Waals surface area contributed by atoms with E-state index >= 15 is 0 Å². The average Bonchev–Trinajstić information content (AvgIpc) is 3.87. The van der Waals surface area contributed by atoms with Crippen LogP contribution >= 0.6 is 23.2 Å². The molecule has 0 bridgehead atoms. The summed E-state index contributed by atoms with van der Waals surface area (Å²) in [5, 5.41) is 10.8. The van der Waals surface area contributed by atoms with Crippen LogP contribution < -0.4 is 31.9 Å². The minimum absolute atomic E-state index is 0.0307. The molecule has 2 heterocycles. The number of nitrogens with zero attached hydrogens (tertiary/aromatic N) is 3. The molecule has 14 nitrogen and oxygen atoms in total. The summed E-state index contributed by atoms with van der Waals surface area (Å²) in [7, 11) is 0. The molecule has 16 heteroatoms. The van der Waals surface area contributed by atoms with Gasteiger partial charge in [-0.05, 0) is 74.3 Å². The number of rotatable bonds is 19. The standard InChI is InChI=1S/C39H54Cl2N8O6/c1-26(2)22-31(46-38(54)33-11-7-19-49(33)39(55)30(42)23-27-8-4-3-5-9-27)36(52)44-25-35(51)48-18-6-10-32(48)37(53)43-24-34(50)45-28-12-14-29(15-13-28)47(20-16-40)21-17-41/h3-5,8-9,12-15,26,30-33H,6-7,10-11,16-25,42H2,1-2H3,(H,43,53)(H,44,52)(H,45,50)(H,46,54)/t30-,31+,32+,33+/m1/s1. The fourth-order valence-electron chi connectivity index (χ4n) is 6.99. The largest absolute Gasteiger partial charge is 0.369 e. The summed E-state index contributed by atoms with van der Waals surface area (Å²) in [4.78, 5) is 84.2. The molecule has 2 saturated heterocycles. The molecule has 2 fully saturated rings. The van der Waals surface area contributed by atoms with Gasteiger partial charge in [-0.15, -0.1) is 23.2 Å². The van der Waals surface area contributed by atoms with Crippen LogP contribution in [-0.2, 0) is 35.2 Å². The van der Waals surface area contributed by atoms with Crippen LogP contribution in [0.3, 0.4) is 0 Å². The minimum atomic E-state index is -0.946. The minimum Gasteiger partial charge on any atom is -0.369 e. The molecule has 4 atom stereocenters. The van der Waals surface area contributed by atoms with Crippen LogP contribution in [0.5, 0.6) is 0 Å². The molecular weight excluding hydrogens is 747 g/mol. The zero-order valence-electron chi connectivity index (χ0n) is 31.6. The monoisotopic (exact) mass is 800 g/mol. The fraction of sp³-hybridized carbons (Fsp3) is 0.538. The van der Waals surface area contributed by atoms with Crippen molar-refractivity contribution in [1.29, 1.82) is 0 Å². The Kier molecular flexibility index (Phi) is 17.0. The Bertz CT molecular complexity index is 1610. The van der Waals surface area contributed by atoms with Crippen molar-refractivity contribution in [2.24, 2.45) is 11.7 Å². The van der Waals surface area contributed by atoms with Crippen molar-refractivity contribution in [1.82, 2.24) is 25.8 Å². The summed E-state index contributed by atoms with van der Waals surface area (Å²) in [6.07, 6.45) is 2.71. The van der Waals surface area contributed by atoms with E-state index in [-0.39, 0.29) is 24.9 Å². The number of amides is 6. The number of benzene rings is 2. The highest BCUT2D eigenvalue weighted by Crippen LogP contribution is 2.21. The van der Waals surface area contributed by atoms with E-state index < -0.39 is 53.7 Å². The van der Waals surface area contributed by atoms with Crippen LogP contribution in [0.25, 0.3) is 0 Å². The third-order valence-electron chi connectivity index (χ3n) is 9.73. The zero-order valence-corrected chi connectivity index (χ0v) is 33.1. The van der Waals surface area contributed by atoms with Gasteiger partial charge in [-0.1, -0.05) is 44.2 Å². The summed E-state index contributed by atoms with van der Waals surface area (Å²) < 4.78 is 0. The topological polar surface area (TPSA) is 186 Å². The zero-order chi connectivity index (χ0) is 39.9. The normalized spacial score (nSPS) is 17.7. The number of hydrogen-bond donors (Lipinski definition) is 5. The second-order valence-corrected chi connectivity index (χ2v) is 15.1. The van der Waals surface area contributed by atoms with Crippen molar-refractivity contribution in [3.05, 3.63) is 60.2 Å². The molecule has 2 aromatic carbocycles. The number of alkyl halides is 2. The maximum Gasteiger partial charge on any atom is 0.243 e. The number of likely N-dealkylation sites (tertiary alicyclic amines) is 2. The van der Waals surface area contributed by atoms with E-state index in [1.54, 1.807) is 12.1 Å². The van der Waals surface area contributed by atoms with E-state index in [2.05, 4.69) is 21.3 Å². The smallest absolute Gasteiger partial charge is 0.243 e. The van der Waals surface area contributed by atoms with Gasteiger partial charge in [-0.25, -0.2) is 0 Å². The molecular formula is C39H54Cl2N8O6. The van der Waals surface area contributed by atoms with E-state index in [0.717, 1.165) is 11.3 Å². The maximum atomic E-state index is 13.5. The van der Waals surface area contributed by atoms with Crippen molar-refractivity contribution in [3.63, 3.8) is 0 Å². The number of halogens is 2. The Morgan fingerprint density at radius 2 is 1.44 bits per heavy atom. The van der Waals surface area contributed by atoms with E-state index in [4.69, 9.17) is 28.9 Å². The predicted molar refractivity (Wildman–Crippen MR) is 214 cm³/mol. The predicted octanol–water partition coefficient (Wildman–Crippen LogP) is 2.22. The van der Waals surface area contributed by atoms with Crippen molar-refractivity contribution in [2.45, 2.75) is 76.5 Å². The number of hydrogen-bond acceptors (Lipinski definition) is 8. The highest BCUT2D eigenvalue weighted by molar-refractivity contribution is 6.18. The molecule has 0 saturated carbocycles. The molecule has 2 aliphatic heterocycles. The fourth-order valence-corrected chi connectivity index (χ4v) is 7.40. The lowest BCUT2D eigenvalue weighted by molar-refractivity contribution is -0.141. The van der Waals surface area contributed by atoms with Crippen molar-refractivity contribution < 1.29 is 28.8 Å². The molecule has 0 radical (unpaired) electrons. The molecule has 2 aromatic rings. The molecule has 0 aromatic heterocycles. The Morgan fingerprint density at radius 3 is 2.05 bits per heavy atom. The molecule has 0 unspecified atom stereocenters. The van der Waals surface area contributed by atoms with Crippen molar-refractivity contribution in [3.8, 4) is 0 Å².